The highest BCUT2D eigenvalue weighted by Crippen LogP contribution is 2.23. The van der Waals surface area contributed by atoms with Crippen LogP contribution in [0.2, 0.25) is 0 Å². The van der Waals surface area contributed by atoms with Crippen LogP contribution >= 0.6 is 0 Å². The summed E-state index contributed by atoms with van der Waals surface area (Å²) in [7, 11) is 0. The molecule has 0 atom stereocenters. The van der Waals surface area contributed by atoms with E-state index in [4.69, 9.17) is 0 Å². The number of hydrogen-bond acceptors (Lipinski definition) is 0. The molecule has 0 N–H and O–H groups in total. The molecule has 3 heteroatoms. The van der Waals surface area contributed by atoms with Gasteiger partial charge in [0, 0.05) is 0 Å². The van der Waals surface area contributed by atoms with E-state index in [2.05, 4.69) is 6.58 Å². The molecule has 12 heavy (non-hydrogen) atoms. The summed E-state index contributed by atoms with van der Waals surface area (Å²) in [6.45, 7) is 3.39. The Morgan fingerprint density at radius 1 is 1.33 bits per heavy atom. The topological polar surface area (TPSA) is 0 Å². The normalized spacial score (nSPS) is 10.3. The van der Waals surface area contributed by atoms with E-state index in [0.29, 0.717) is 5.56 Å². The fourth-order valence-electron chi connectivity index (χ4n) is 0.856. The molecule has 1 aromatic carbocycles. The van der Waals surface area contributed by atoms with Crippen molar-refractivity contribution < 1.29 is 13.2 Å². The Morgan fingerprint density at radius 3 is 2.50 bits per heavy atom. The van der Waals surface area contributed by atoms with Gasteiger partial charge in [0.25, 0.3) is 6.43 Å². The Balaban J connectivity index is 3.16. The second-order valence-corrected chi connectivity index (χ2v) is 2.29. The van der Waals surface area contributed by atoms with Crippen molar-refractivity contribution in [3.63, 3.8) is 0 Å². The summed E-state index contributed by atoms with van der Waals surface area (Å²) in [5.41, 5.74) is -0.0842. The molecular weight excluding hydrogens is 165 g/mol. The lowest BCUT2D eigenvalue weighted by Crippen LogP contribution is -1.90. The highest BCUT2D eigenvalue weighted by molar-refractivity contribution is 5.48. The second kappa shape index (κ2) is 3.43. The lowest BCUT2D eigenvalue weighted by atomic mass is 10.1. The predicted molar refractivity (Wildman–Crippen MR) is 41.4 cm³/mol. The van der Waals surface area contributed by atoms with Crippen molar-refractivity contribution in [2.75, 3.05) is 0 Å². The number of halogens is 3. The third-order valence-corrected chi connectivity index (χ3v) is 1.49. The van der Waals surface area contributed by atoms with Crippen LogP contribution in [0.5, 0.6) is 0 Å². The molecule has 0 aliphatic carbocycles. The first kappa shape index (κ1) is 8.84. The van der Waals surface area contributed by atoms with Crippen LogP contribution < -0.4 is 0 Å². The molecule has 0 saturated heterocycles. The zero-order valence-electron chi connectivity index (χ0n) is 6.23. The average molecular weight is 172 g/mol. The quantitative estimate of drug-likeness (QED) is 0.641. The number of rotatable bonds is 2. The third-order valence-electron chi connectivity index (χ3n) is 1.49. The molecule has 0 fully saturated rings. The van der Waals surface area contributed by atoms with E-state index in [0.717, 1.165) is 12.1 Å². The Morgan fingerprint density at radius 2 is 2.00 bits per heavy atom. The molecule has 0 aromatic heterocycles. The zero-order valence-corrected chi connectivity index (χ0v) is 6.23. The Hall–Kier alpha value is -1.25. The lowest BCUT2D eigenvalue weighted by Gasteiger charge is -2.02. The Kier molecular flexibility index (Phi) is 2.53. The van der Waals surface area contributed by atoms with Gasteiger partial charge in [0.05, 0.1) is 5.56 Å². The number of benzene rings is 1. The summed E-state index contributed by atoms with van der Waals surface area (Å²) in [6.07, 6.45) is -1.38. The van der Waals surface area contributed by atoms with E-state index in [-0.39, 0.29) is 0 Å². The molecule has 0 aliphatic rings. The second-order valence-electron chi connectivity index (χ2n) is 2.29. The van der Waals surface area contributed by atoms with Crippen molar-refractivity contribution >= 4 is 6.08 Å². The molecule has 0 aliphatic heterocycles. The van der Waals surface area contributed by atoms with Crippen LogP contribution in [-0.2, 0) is 0 Å². The highest BCUT2D eigenvalue weighted by Gasteiger charge is 2.12. The van der Waals surface area contributed by atoms with Gasteiger partial charge in [-0.2, -0.15) is 0 Å². The smallest absolute Gasteiger partial charge is 0.206 e. The minimum atomic E-state index is -2.77. The number of alkyl halides is 2. The molecule has 1 aromatic rings. The lowest BCUT2D eigenvalue weighted by molar-refractivity contribution is 0.146. The average Bonchev–Trinajstić information content (AvgIpc) is 2.05. The molecule has 0 saturated carbocycles. The number of hydrogen-bond donors (Lipinski definition) is 0. The third kappa shape index (κ3) is 1.67. The molecule has 0 amide bonds. The molecule has 0 nitrogen and oxygen atoms in total. The fraction of sp³-hybridized carbons (Fsp3) is 0.111. The summed E-state index contributed by atoms with van der Waals surface area (Å²) in [6, 6.07) is 3.50. The van der Waals surface area contributed by atoms with Gasteiger partial charge >= 0.3 is 0 Å². The monoisotopic (exact) mass is 172 g/mol. The molecule has 0 heterocycles. The van der Waals surface area contributed by atoms with Gasteiger partial charge in [-0.25, -0.2) is 13.2 Å². The van der Waals surface area contributed by atoms with Crippen molar-refractivity contribution in [1.29, 1.82) is 0 Å². The van der Waals surface area contributed by atoms with E-state index in [9.17, 15) is 13.2 Å². The van der Waals surface area contributed by atoms with Gasteiger partial charge < -0.3 is 0 Å². The summed E-state index contributed by atoms with van der Waals surface area (Å²) in [4.78, 5) is 0. The van der Waals surface area contributed by atoms with E-state index in [1.165, 1.54) is 12.1 Å². The molecule has 0 radical (unpaired) electrons. The Labute approximate surface area is 68.3 Å². The van der Waals surface area contributed by atoms with Gasteiger partial charge in [0.2, 0.25) is 0 Å². The minimum absolute atomic E-state index is 0.492. The molecule has 1 rings (SSSR count). The highest BCUT2D eigenvalue weighted by atomic mass is 19.3. The van der Waals surface area contributed by atoms with Crippen LogP contribution in [0.4, 0.5) is 13.2 Å². The van der Waals surface area contributed by atoms with Crippen molar-refractivity contribution in [3.05, 3.63) is 41.7 Å². The molecule has 0 spiro atoms. The summed E-state index contributed by atoms with van der Waals surface area (Å²) < 4.78 is 36.8. The van der Waals surface area contributed by atoms with E-state index in [1.54, 1.807) is 0 Å². The van der Waals surface area contributed by atoms with Crippen LogP contribution in [0.1, 0.15) is 17.6 Å². The van der Waals surface area contributed by atoms with Crippen LogP contribution in [-0.4, -0.2) is 0 Å². The standard InChI is InChI=1S/C9H7F3/c1-2-6-3-4-8(10)7(5-6)9(11)12/h2-5,9H,1H2. The van der Waals surface area contributed by atoms with Crippen LogP contribution in [0.15, 0.2) is 24.8 Å². The maximum Gasteiger partial charge on any atom is 0.266 e. The largest absolute Gasteiger partial charge is 0.266 e. The fourth-order valence-corrected chi connectivity index (χ4v) is 0.856. The molecule has 0 unspecified atom stereocenters. The SMILES string of the molecule is C=Cc1ccc(F)c(C(F)F)c1. The van der Waals surface area contributed by atoms with Crippen molar-refractivity contribution in [3.8, 4) is 0 Å². The first-order valence-corrected chi connectivity index (χ1v) is 3.35. The van der Waals surface area contributed by atoms with Gasteiger partial charge in [-0.05, 0) is 17.7 Å². The molecule has 64 valence electrons. The minimum Gasteiger partial charge on any atom is -0.206 e. The van der Waals surface area contributed by atoms with Crippen molar-refractivity contribution in [1.82, 2.24) is 0 Å². The van der Waals surface area contributed by atoms with Crippen molar-refractivity contribution in [2.24, 2.45) is 0 Å². The first-order chi connectivity index (χ1) is 5.65. The maximum absolute atomic E-state index is 12.6. The van der Waals surface area contributed by atoms with Crippen LogP contribution in [0, 0.1) is 5.82 Å². The zero-order chi connectivity index (χ0) is 9.14. The van der Waals surface area contributed by atoms with Gasteiger partial charge in [-0.3, -0.25) is 0 Å². The summed E-state index contributed by atoms with van der Waals surface area (Å²) in [5.74, 6) is -0.879. The summed E-state index contributed by atoms with van der Waals surface area (Å²) >= 11 is 0. The first-order valence-electron chi connectivity index (χ1n) is 3.35. The van der Waals surface area contributed by atoms with Gasteiger partial charge in [-0.15, -0.1) is 0 Å². The summed E-state index contributed by atoms with van der Waals surface area (Å²) in [5, 5.41) is 0. The van der Waals surface area contributed by atoms with E-state index in [1.807, 2.05) is 0 Å². The van der Waals surface area contributed by atoms with Crippen LogP contribution in [0.25, 0.3) is 6.08 Å². The molecule has 0 bridgehead atoms. The maximum atomic E-state index is 12.6. The van der Waals surface area contributed by atoms with E-state index < -0.39 is 17.8 Å². The van der Waals surface area contributed by atoms with Crippen LogP contribution in [0.3, 0.4) is 0 Å². The van der Waals surface area contributed by atoms with Gasteiger partial charge in [-0.1, -0.05) is 18.7 Å². The predicted octanol–water partition coefficient (Wildman–Crippen LogP) is 3.41. The molecular formula is C9H7F3. The van der Waals surface area contributed by atoms with Gasteiger partial charge in [0.15, 0.2) is 0 Å². The van der Waals surface area contributed by atoms with E-state index >= 15 is 0 Å². The Bertz CT molecular complexity index is 292. The van der Waals surface area contributed by atoms with Crippen molar-refractivity contribution in [2.45, 2.75) is 6.43 Å². The van der Waals surface area contributed by atoms with Gasteiger partial charge in [0.1, 0.15) is 5.82 Å².